The summed E-state index contributed by atoms with van der Waals surface area (Å²) in [5, 5.41) is -0.0442. The number of methoxy groups -OCH3 is 1. The van der Waals surface area contributed by atoms with E-state index in [0.717, 1.165) is 6.07 Å². The van der Waals surface area contributed by atoms with E-state index in [0.29, 0.717) is 5.75 Å². The minimum atomic E-state index is -1.41. The third-order valence-corrected chi connectivity index (χ3v) is 2.96. The standard InChI is InChI=1S/C15H13ClFNO4/c1-20-14(19)15(21-9-5-3-2-4-6-9)22-13-8-12(18)11(17)7-10(13)16/h2-8,15H,18H2,1H3. The van der Waals surface area contributed by atoms with Crippen LogP contribution in [0.3, 0.4) is 0 Å². The molecule has 1 unspecified atom stereocenters. The normalized spacial score (nSPS) is 11.6. The molecular weight excluding hydrogens is 313 g/mol. The summed E-state index contributed by atoms with van der Waals surface area (Å²) < 4.78 is 28.7. The van der Waals surface area contributed by atoms with Crippen LogP contribution in [0.15, 0.2) is 42.5 Å². The number of nitrogens with two attached hydrogens (primary N) is 1. The van der Waals surface area contributed by atoms with Gasteiger partial charge in [-0.25, -0.2) is 9.18 Å². The van der Waals surface area contributed by atoms with Crippen LogP contribution in [0.4, 0.5) is 10.1 Å². The minimum Gasteiger partial charge on any atom is -0.463 e. The van der Waals surface area contributed by atoms with Crippen molar-refractivity contribution in [3.8, 4) is 11.5 Å². The van der Waals surface area contributed by atoms with Gasteiger partial charge in [-0.3, -0.25) is 0 Å². The van der Waals surface area contributed by atoms with Gasteiger partial charge in [0, 0.05) is 6.07 Å². The zero-order chi connectivity index (χ0) is 16.1. The van der Waals surface area contributed by atoms with Gasteiger partial charge in [0.15, 0.2) is 0 Å². The van der Waals surface area contributed by atoms with Gasteiger partial charge in [0.2, 0.25) is 0 Å². The molecule has 0 aliphatic rings. The molecule has 0 bridgehead atoms. The molecule has 0 aromatic heterocycles. The second kappa shape index (κ2) is 7.00. The van der Waals surface area contributed by atoms with Crippen LogP contribution in [-0.4, -0.2) is 19.4 Å². The molecule has 0 amide bonds. The van der Waals surface area contributed by atoms with E-state index in [1.54, 1.807) is 30.3 Å². The second-order valence-corrected chi connectivity index (χ2v) is 4.62. The molecule has 2 aromatic rings. The molecule has 2 rings (SSSR count). The number of para-hydroxylation sites is 1. The number of hydrogen-bond acceptors (Lipinski definition) is 5. The van der Waals surface area contributed by atoms with Crippen molar-refractivity contribution < 1.29 is 23.4 Å². The van der Waals surface area contributed by atoms with Gasteiger partial charge in [-0.1, -0.05) is 29.8 Å². The zero-order valence-electron chi connectivity index (χ0n) is 11.6. The van der Waals surface area contributed by atoms with E-state index < -0.39 is 18.1 Å². The highest BCUT2D eigenvalue weighted by atomic mass is 35.5. The van der Waals surface area contributed by atoms with E-state index in [9.17, 15) is 9.18 Å². The number of ether oxygens (including phenoxy) is 3. The van der Waals surface area contributed by atoms with Crippen molar-refractivity contribution in [2.75, 3.05) is 12.8 Å². The fraction of sp³-hybridized carbons (Fsp3) is 0.133. The number of carbonyl (C=O) groups excluding carboxylic acids is 1. The Morgan fingerprint density at radius 2 is 1.91 bits per heavy atom. The van der Waals surface area contributed by atoms with Crippen LogP contribution in [0.2, 0.25) is 5.02 Å². The van der Waals surface area contributed by atoms with Gasteiger partial charge in [0.1, 0.15) is 17.3 Å². The van der Waals surface area contributed by atoms with Crippen molar-refractivity contribution in [3.63, 3.8) is 0 Å². The van der Waals surface area contributed by atoms with Crippen LogP contribution in [0.5, 0.6) is 11.5 Å². The van der Waals surface area contributed by atoms with Gasteiger partial charge in [0.05, 0.1) is 17.8 Å². The molecule has 22 heavy (non-hydrogen) atoms. The molecular formula is C15H13ClFNO4. The molecule has 2 aromatic carbocycles. The second-order valence-electron chi connectivity index (χ2n) is 4.21. The number of halogens is 2. The average molecular weight is 326 g/mol. The summed E-state index contributed by atoms with van der Waals surface area (Å²) in [6.45, 7) is 0. The first-order valence-electron chi connectivity index (χ1n) is 6.22. The lowest BCUT2D eigenvalue weighted by Crippen LogP contribution is -2.34. The Kier molecular flexibility index (Phi) is 5.06. The first-order valence-corrected chi connectivity index (χ1v) is 6.59. The highest BCUT2D eigenvalue weighted by Crippen LogP contribution is 2.30. The molecule has 0 heterocycles. The van der Waals surface area contributed by atoms with E-state index in [4.69, 9.17) is 26.8 Å². The molecule has 0 aliphatic heterocycles. The van der Waals surface area contributed by atoms with Gasteiger partial charge >= 0.3 is 12.3 Å². The predicted octanol–water partition coefficient (Wildman–Crippen LogP) is 3.02. The van der Waals surface area contributed by atoms with Gasteiger partial charge < -0.3 is 19.9 Å². The maximum absolute atomic E-state index is 13.3. The maximum atomic E-state index is 13.3. The molecule has 0 saturated carbocycles. The van der Waals surface area contributed by atoms with Crippen molar-refractivity contribution in [1.29, 1.82) is 0 Å². The Bertz CT molecular complexity index is 666. The van der Waals surface area contributed by atoms with Gasteiger partial charge in [0.25, 0.3) is 0 Å². The number of nitrogen functional groups attached to an aromatic ring is 1. The van der Waals surface area contributed by atoms with Crippen LogP contribution in [0.1, 0.15) is 0 Å². The molecule has 0 radical (unpaired) electrons. The largest absolute Gasteiger partial charge is 0.463 e. The number of anilines is 1. The van der Waals surface area contributed by atoms with E-state index in [1.165, 1.54) is 13.2 Å². The maximum Gasteiger partial charge on any atom is 0.389 e. The summed E-state index contributed by atoms with van der Waals surface area (Å²) in [5.41, 5.74) is 5.29. The highest BCUT2D eigenvalue weighted by molar-refractivity contribution is 6.32. The minimum absolute atomic E-state index is 0.00639. The van der Waals surface area contributed by atoms with E-state index in [1.807, 2.05) is 0 Å². The van der Waals surface area contributed by atoms with E-state index >= 15 is 0 Å². The average Bonchev–Trinajstić information content (AvgIpc) is 2.52. The Labute approximate surface area is 131 Å². The van der Waals surface area contributed by atoms with Crippen LogP contribution in [0, 0.1) is 5.82 Å². The SMILES string of the molecule is COC(=O)C(Oc1ccccc1)Oc1cc(N)c(F)cc1Cl. The molecule has 0 spiro atoms. The first kappa shape index (κ1) is 15.9. The fourth-order valence-corrected chi connectivity index (χ4v) is 1.78. The predicted molar refractivity (Wildman–Crippen MR) is 79.3 cm³/mol. The molecule has 1 atom stereocenters. The number of hydrogen-bond donors (Lipinski definition) is 1. The highest BCUT2D eigenvalue weighted by Gasteiger charge is 2.25. The Hall–Kier alpha value is -2.47. The summed E-state index contributed by atoms with van der Waals surface area (Å²) >= 11 is 5.87. The number of benzene rings is 2. The van der Waals surface area contributed by atoms with Crippen molar-refractivity contribution in [3.05, 3.63) is 53.3 Å². The summed E-state index contributed by atoms with van der Waals surface area (Å²) in [5.74, 6) is -1.06. The van der Waals surface area contributed by atoms with Crippen molar-refractivity contribution in [2.45, 2.75) is 6.29 Å². The Morgan fingerprint density at radius 3 is 2.55 bits per heavy atom. The number of esters is 1. The van der Waals surface area contributed by atoms with E-state index in [-0.39, 0.29) is 16.5 Å². The quantitative estimate of drug-likeness (QED) is 0.520. The molecule has 0 saturated heterocycles. The summed E-state index contributed by atoms with van der Waals surface area (Å²) in [4.78, 5) is 11.8. The number of rotatable bonds is 5. The molecule has 0 fully saturated rings. The van der Waals surface area contributed by atoms with Crippen LogP contribution < -0.4 is 15.2 Å². The molecule has 116 valence electrons. The van der Waals surface area contributed by atoms with Crippen molar-refractivity contribution in [1.82, 2.24) is 0 Å². The van der Waals surface area contributed by atoms with E-state index in [2.05, 4.69) is 4.74 Å². The summed E-state index contributed by atoms with van der Waals surface area (Å²) in [7, 11) is 1.19. The lowest BCUT2D eigenvalue weighted by atomic mass is 10.3. The van der Waals surface area contributed by atoms with Gasteiger partial charge in [-0.2, -0.15) is 0 Å². The van der Waals surface area contributed by atoms with Crippen LogP contribution in [-0.2, 0) is 9.53 Å². The third kappa shape index (κ3) is 3.79. The Balaban J connectivity index is 2.24. The van der Waals surface area contributed by atoms with Crippen molar-refractivity contribution >= 4 is 23.3 Å². The summed E-state index contributed by atoms with van der Waals surface area (Å²) in [6.07, 6.45) is -1.41. The fourth-order valence-electron chi connectivity index (χ4n) is 1.59. The molecule has 2 N–H and O–H groups in total. The zero-order valence-corrected chi connectivity index (χ0v) is 12.3. The smallest absolute Gasteiger partial charge is 0.389 e. The molecule has 5 nitrogen and oxygen atoms in total. The lowest BCUT2D eigenvalue weighted by Gasteiger charge is -2.19. The van der Waals surface area contributed by atoms with Gasteiger partial charge in [-0.05, 0) is 18.2 Å². The Morgan fingerprint density at radius 1 is 1.23 bits per heavy atom. The van der Waals surface area contributed by atoms with Crippen molar-refractivity contribution in [2.24, 2.45) is 0 Å². The molecule has 0 aliphatic carbocycles. The first-order chi connectivity index (χ1) is 10.5. The third-order valence-electron chi connectivity index (χ3n) is 2.67. The topological polar surface area (TPSA) is 70.8 Å². The monoisotopic (exact) mass is 325 g/mol. The number of carbonyl (C=O) groups is 1. The van der Waals surface area contributed by atoms with Crippen LogP contribution >= 0.6 is 11.6 Å². The lowest BCUT2D eigenvalue weighted by molar-refractivity contribution is -0.162. The van der Waals surface area contributed by atoms with Gasteiger partial charge in [-0.15, -0.1) is 0 Å². The van der Waals surface area contributed by atoms with Crippen LogP contribution in [0.25, 0.3) is 0 Å². The summed E-state index contributed by atoms with van der Waals surface area (Å²) in [6, 6.07) is 10.7. The molecule has 7 heteroatoms.